The minimum Gasteiger partial charge on any atom is -0.435 e. The monoisotopic (exact) mass is 478 g/mol. The Hall–Kier alpha value is -1.86. The normalized spacial score (nSPS) is 14.7. The number of aryl methyl sites for hydroxylation is 1. The van der Waals surface area contributed by atoms with Gasteiger partial charge in [0.05, 0.1) is 4.91 Å². The first-order valence-corrected chi connectivity index (χ1v) is 12.5. The lowest BCUT2D eigenvalue weighted by Crippen LogP contribution is -2.25. The van der Waals surface area contributed by atoms with Crippen molar-refractivity contribution in [1.29, 1.82) is 0 Å². The minimum absolute atomic E-state index is 0.0303. The van der Waals surface area contributed by atoms with E-state index in [4.69, 9.17) is 0 Å². The highest BCUT2D eigenvalue weighted by Gasteiger charge is 2.24. The second-order valence-corrected chi connectivity index (χ2v) is 12.0. The van der Waals surface area contributed by atoms with Gasteiger partial charge in [0.25, 0.3) is 10.0 Å². The van der Waals surface area contributed by atoms with E-state index < -0.39 is 26.7 Å². The summed E-state index contributed by atoms with van der Waals surface area (Å²) in [5.41, 5.74) is 1.35. The van der Waals surface area contributed by atoms with E-state index in [1.165, 1.54) is 38.4 Å². The summed E-state index contributed by atoms with van der Waals surface area (Å²) in [6, 6.07) is 7.40. The average molecular weight is 479 g/mol. The van der Waals surface area contributed by atoms with E-state index in [-0.39, 0.29) is 27.8 Å². The highest BCUT2D eigenvalue weighted by molar-refractivity contribution is 7.93. The summed E-state index contributed by atoms with van der Waals surface area (Å²) in [6.07, 6.45) is 2.08. The Labute approximate surface area is 178 Å². The summed E-state index contributed by atoms with van der Waals surface area (Å²) in [4.78, 5) is 0.736. The Balaban J connectivity index is 1.72. The van der Waals surface area contributed by atoms with Crippen molar-refractivity contribution in [2.45, 2.75) is 30.2 Å². The van der Waals surface area contributed by atoms with Crippen LogP contribution in [0.4, 0.5) is 8.78 Å². The Kier molecular flexibility index (Phi) is 6.63. The van der Waals surface area contributed by atoms with Crippen molar-refractivity contribution in [3.8, 4) is 5.75 Å². The molecule has 12 heteroatoms. The number of halogens is 2. The van der Waals surface area contributed by atoms with Crippen LogP contribution in [0.1, 0.15) is 22.4 Å². The number of hydrogen-bond acceptors (Lipinski definition) is 6. The highest BCUT2D eigenvalue weighted by Crippen LogP contribution is 2.30. The van der Waals surface area contributed by atoms with Gasteiger partial charge in [-0.3, -0.25) is 0 Å². The smallest absolute Gasteiger partial charge is 0.387 e. The zero-order valence-corrected chi connectivity index (χ0v) is 18.6. The first kappa shape index (κ1) is 22.8. The number of sulfonamides is 2. The number of nitrogens with zero attached hydrogens (tertiary/aromatic N) is 1. The summed E-state index contributed by atoms with van der Waals surface area (Å²) >= 11 is 0.999. The van der Waals surface area contributed by atoms with Crippen molar-refractivity contribution in [1.82, 2.24) is 9.03 Å². The molecule has 0 atom stereocenters. The van der Waals surface area contributed by atoms with Crippen LogP contribution in [0.3, 0.4) is 0 Å². The topological polar surface area (TPSA) is 92.8 Å². The summed E-state index contributed by atoms with van der Waals surface area (Å²) in [5, 5.41) is 0. The number of alkyl halides is 2. The van der Waals surface area contributed by atoms with Crippen molar-refractivity contribution in [2.75, 3.05) is 14.1 Å². The van der Waals surface area contributed by atoms with Gasteiger partial charge in [0.15, 0.2) is 0 Å². The Morgan fingerprint density at radius 1 is 1.13 bits per heavy atom. The second-order valence-electron chi connectivity index (χ2n) is 6.68. The Bertz CT molecular complexity index is 1170. The number of benzene rings is 1. The van der Waals surface area contributed by atoms with Gasteiger partial charge < -0.3 is 4.74 Å². The molecule has 0 bridgehead atoms. The molecule has 0 fully saturated rings. The fourth-order valence-corrected chi connectivity index (χ4v) is 6.60. The van der Waals surface area contributed by atoms with E-state index >= 15 is 0 Å². The lowest BCUT2D eigenvalue weighted by Gasteiger charge is -2.18. The zero-order chi connectivity index (χ0) is 22.1. The molecule has 0 spiro atoms. The molecule has 1 heterocycles. The SMILES string of the molecule is CN(C)S(=O)(=O)c1ccc(CNS(=O)(=O)C2=Cc3ccc(OC(F)F)cc3CC2)s1. The molecule has 1 aromatic carbocycles. The molecule has 1 aromatic heterocycles. The Morgan fingerprint density at radius 3 is 2.53 bits per heavy atom. The molecular weight excluding hydrogens is 458 g/mol. The maximum absolute atomic E-state index is 12.7. The van der Waals surface area contributed by atoms with E-state index in [1.54, 1.807) is 12.1 Å². The number of allylic oxidation sites excluding steroid dienone is 1. The van der Waals surface area contributed by atoms with Crippen LogP contribution >= 0.6 is 11.3 Å². The maximum atomic E-state index is 12.7. The van der Waals surface area contributed by atoms with Gasteiger partial charge in [-0.1, -0.05) is 6.07 Å². The van der Waals surface area contributed by atoms with Crippen LogP contribution in [-0.2, 0) is 33.0 Å². The predicted octanol–water partition coefficient (Wildman–Crippen LogP) is 3.01. The predicted molar refractivity (Wildman–Crippen MR) is 110 cm³/mol. The van der Waals surface area contributed by atoms with Crippen LogP contribution in [0, 0.1) is 0 Å². The molecule has 0 radical (unpaired) electrons. The number of thiophene rings is 1. The molecule has 2 aromatic rings. The lowest BCUT2D eigenvalue weighted by atomic mass is 9.97. The van der Waals surface area contributed by atoms with Crippen molar-refractivity contribution in [3.63, 3.8) is 0 Å². The van der Waals surface area contributed by atoms with Gasteiger partial charge in [0, 0.05) is 25.5 Å². The molecule has 0 saturated carbocycles. The third-order valence-electron chi connectivity index (χ3n) is 4.45. The molecule has 1 aliphatic carbocycles. The number of hydrogen-bond donors (Lipinski definition) is 1. The zero-order valence-electron chi connectivity index (χ0n) is 16.1. The second kappa shape index (κ2) is 8.71. The van der Waals surface area contributed by atoms with E-state index in [0.29, 0.717) is 16.9 Å². The molecule has 0 amide bonds. The number of fused-ring (bicyclic) bond motifs is 1. The van der Waals surface area contributed by atoms with Gasteiger partial charge in [-0.15, -0.1) is 11.3 Å². The molecular formula is C18H20F2N2O5S3. The summed E-state index contributed by atoms with van der Waals surface area (Å²) < 4.78 is 82.4. The van der Waals surface area contributed by atoms with E-state index in [0.717, 1.165) is 21.2 Å². The van der Waals surface area contributed by atoms with Gasteiger partial charge in [0.2, 0.25) is 10.0 Å². The fourth-order valence-electron chi connectivity index (χ4n) is 2.86. The van der Waals surface area contributed by atoms with Crippen LogP contribution in [0.15, 0.2) is 39.4 Å². The molecule has 0 saturated heterocycles. The van der Waals surface area contributed by atoms with Crippen molar-refractivity contribution in [2.24, 2.45) is 0 Å². The van der Waals surface area contributed by atoms with Gasteiger partial charge in [-0.25, -0.2) is 25.9 Å². The summed E-state index contributed by atoms with van der Waals surface area (Å²) in [6.45, 7) is -2.96. The maximum Gasteiger partial charge on any atom is 0.387 e. The van der Waals surface area contributed by atoms with Gasteiger partial charge in [0.1, 0.15) is 9.96 Å². The molecule has 7 nitrogen and oxygen atoms in total. The van der Waals surface area contributed by atoms with Gasteiger partial charge in [-0.2, -0.15) is 8.78 Å². The van der Waals surface area contributed by atoms with Crippen LogP contribution in [0.5, 0.6) is 5.75 Å². The standard InChI is InChI=1S/C18H20F2N2O5S3/c1-22(2)30(25,26)17-8-6-15(28-17)11-21-29(23,24)16-7-4-12-9-14(27-18(19)20)5-3-13(12)10-16/h3,5-6,8-10,18,21H,4,7,11H2,1-2H3. The van der Waals surface area contributed by atoms with E-state index in [9.17, 15) is 25.6 Å². The molecule has 1 N–H and O–H groups in total. The molecule has 0 aliphatic heterocycles. The quantitative estimate of drug-likeness (QED) is 0.630. The molecule has 0 unspecified atom stereocenters. The van der Waals surface area contributed by atoms with Crippen LogP contribution in [0.25, 0.3) is 6.08 Å². The van der Waals surface area contributed by atoms with Crippen LogP contribution in [-0.4, -0.2) is 41.8 Å². The van der Waals surface area contributed by atoms with Crippen molar-refractivity contribution >= 4 is 37.5 Å². The minimum atomic E-state index is -3.79. The third kappa shape index (κ3) is 5.06. The highest BCUT2D eigenvalue weighted by atomic mass is 32.2. The molecule has 30 heavy (non-hydrogen) atoms. The number of rotatable bonds is 8. The molecule has 3 rings (SSSR count). The average Bonchev–Trinajstić information content (AvgIpc) is 3.15. The first-order chi connectivity index (χ1) is 14.0. The first-order valence-electron chi connectivity index (χ1n) is 8.78. The largest absolute Gasteiger partial charge is 0.435 e. The molecule has 1 aliphatic rings. The van der Waals surface area contributed by atoms with Crippen LogP contribution in [0.2, 0.25) is 0 Å². The van der Waals surface area contributed by atoms with Crippen LogP contribution < -0.4 is 9.46 Å². The lowest BCUT2D eigenvalue weighted by molar-refractivity contribution is -0.0498. The number of ether oxygens (including phenoxy) is 1. The van der Waals surface area contributed by atoms with Gasteiger partial charge >= 0.3 is 6.61 Å². The number of nitrogens with one attached hydrogen (secondary N) is 1. The van der Waals surface area contributed by atoms with E-state index in [1.807, 2.05) is 0 Å². The van der Waals surface area contributed by atoms with Gasteiger partial charge in [-0.05, 0) is 54.3 Å². The van der Waals surface area contributed by atoms with Crippen molar-refractivity contribution in [3.05, 3.63) is 51.2 Å². The molecule has 164 valence electrons. The summed E-state index contributed by atoms with van der Waals surface area (Å²) in [5.74, 6) is 0.0303. The van der Waals surface area contributed by atoms with Crippen molar-refractivity contribution < 1.29 is 30.4 Å². The fraction of sp³-hybridized carbons (Fsp3) is 0.333. The third-order valence-corrected chi connectivity index (χ3v) is 9.35. The van der Waals surface area contributed by atoms with E-state index in [2.05, 4.69) is 9.46 Å². The Morgan fingerprint density at radius 2 is 1.87 bits per heavy atom. The summed E-state index contributed by atoms with van der Waals surface area (Å²) in [7, 11) is -4.51.